The maximum Gasteiger partial charge on any atom is 0.259 e. The molecule has 0 saturated carbocycles. The fourth-order valence-corrected chi connectivity index (χ4v) is 3.01. The predicted molar refractivity (Wildman–Crippen MR) is 103 cm³/mol. The Morgan fingerprint density at radius 3 is 2.52 bits per heavy atom. The lowest BCUT2D eigenvalue weighted by atomic mass is 10.2. The summed E-state index contributed by atoms with van der Waals surface area (Å²) in [5.41, 5.74) is 1.27. The fraction of sp³-hybridized carbons (Fsp3) is 0.350. The third kappa shape index (κ3) is 5.04. The molecular formula is C20H24N4O3. The van der Waals surface area contributed by atoms with Gasteiger partial charge in [0.25, 0.3) is 5.91 Å². The van der Waals surface area contributed by atoms with Crippen LogP contribution in [0.5, 0.6) is 5.88 Å². The molecule has 7 nitrogen and oxygen atoms in total. The highest BCUT2D eigenvalue weighted by molar-refractivity contribution is 5.96. The number of carbonyl (C=O) groups excluding carboxylic acids is 2. The molecule has 3 rings (SSSR count). The smallest absolute Gasteiger partial charge is 0.259 e. The van der Waals surface area contributed by atoms with Crippen LogP contribution in [0.1, 0.15) is 17.3 Å². The Hall–Kier alpha value is -2.93. The molecule has 0 bridgehead atoms. The van der Waals surface area contributed by atoms with Gasteiger partial charge in [0.05, 0.1) is 13.2 Å². The van der Waals surface area contributed by atoms with E-state index in [0.717, 1.165) is 5.69 Å². The highest BCUT2D eigenvalue weighted by Crippen LogP contribution is 2.18. The molecule has 1 saturated heterocycles. The van der Waals surface area contributed by atoms with Crippen LogP contribution in [0.15, 0.2) is 48.7 Å². The first kappa shape index (κ1) is 18.8. The number of amides is 2. The number of piperazine rings is 1. The van der Waals surface area contributed by atoms with Crippen molar-refractivity contribution in [3.05, 3.63) is 54.2 Å². The highest BCUT2D eigenvalue weighted by Gasteiger charge is 2.25. The van der Waals surface area contributed by atoms with E-state index in [0.29, 0.717) is 50.8 Å². The summed E-state index contributed by atoms with van der Waals surface area (Å²) >= 11 is 0. The molecular weight excluding hydrogens is 344 g/mol. The standard InChI is InChI=1S/C20H24N4O3/c1-2-27-19-17(9-6-10-21-19)20(26)24-13-11-23(12-14-24)15-18(25)22-16-7-4-3-5-8-16/h3-10H,2,11-15H2,1H3,(H,22,25). The second kappa shape index (κ2) is 9.14. The van der Waals surface area contributed by atoms with Crippen LogP contribution in [0.3, 0.4) is 0 Å². The summed E-state index contributed by atoms with van der Waals surface area (Å²) < 4.78 is 5.46. The monoisotopic (exact) mass is 368 g/mol. The van der Waals surface area contributed by atoms with Crippen molar-refractivity contribution in [3.63, 3.8) is 0 Å². The van der Waals surface area contributed by atoms with Gasteiger partial charge in [-0.3, -0.25) is 14.5 Å². The number of rotatable bonds is 6. The predicted octanol–water partition coefficient (Wildman–Crippen LogP) is 1.88. The number of aromatic nitrogens is 1. The summed E-state index contributed by atoms with van der Waals surface area (Å²) in [5, 5.41) is 2.88. The molecule has 2 aromatic rings. The number of nitrogens with zero attached hydrogens (tertiary/aromatic N) is 3. The summed E-state index contributed by atoms with van der Waals surface area (Å²) in [6.45, 7) is 5.07. The van der Waals surface area contributed by atoms with Crippen LogP contribution in [0.25, 0.3) is 0 Å². The Bertz CT molecular complexity index is 774. The average Bonchev–Trinajstić information content (AvgIpc) is 2.69. The van der Waals surface area contributed by atoms with Gasteiger partial charge in [0.2, 0.25) is 11.8 Å². The van der Waals surface area contributed by atoms with Crippen LogP contribution < -0.4 is 10.1 Å². The minimum absolute atomic E-state index is 0.0492. The van der Waals surface area contributed by atoms with E-state index >= 15 is 0 Å². The van der Waals surface area contributed by atoms with Gasteiger partial charge in [0.15, 0.2) is 0 Å². The van der Waals surface area contributed by atoms with Crippen molar-refractivity contribution in [2.45, 2.75) is 6.92 Å². The Morgan fingerprint density at radius 1 is 1.07 bits per heavy atom. The molecule has 0 radical (unpaired) electrons. The third-order valence-corrected chi connectivity index (χ3v) is 4.37. The molecule has 2 heterocycles. The molecule has 1 N–H and O–H groups in total. The van der Waals surface area contributed by atoms with Gasteiger partial charge >= 0.3 is 0 Å². The molecule has 1 fully saturated rings. The summed E-state index contributed by atoms with van der Waals surface area (Å²) in [6.07, 6.45) is 1.62. The number of hydrogen-bond donors (Lipinski definition) is 1. The van der Waals surface area contributed by atoms with Gasteiger partial charge in [-0.1, -0.05) is 18.2 Å². The van der Waals surface area contributed by atoms with Crippen LogP contribution >= 0.6 is 0 Å². The van der Waals surface area contributed by atoms with E-state index in [9.17, 15) is 9.59 Å². The number of pyridine rings is 1. The molecule has 2 amide bonds. The van der Waals surface area contributed by atoms with E-state index < -0.39 is 0 Å². The van der Waals surface area contributed by atoms with Crippen molar-refractivity contribution >= 4 is 17.5 Å². The Labute approximate surface area is 158 Å². The fourth-order valence-electron chi connectivity index (χ4n) is 3.01. The Kier molecular flexibility index (Phi) is 6.38. The zero-order valence-electron chi connectivity index (χ0n) is 15.4. The number of hydrogen-bond acceptors (Lipinski definition) is 5. The number of ether oxygens (including phenoxy) is 1. The van der Waals surface area contributed by atoms with Crippen LogP contribution in [0, 0.1) is 0 Å². The quantitative estimate of drug-likeness (QED) is 0.843. The molecule has 142 valence electrons. The van der Waals surface area contributed by atoms with Crippen LogP contribution in [-0.2, 0) is 4.79 Å². The minimum atomic E-state index is -0.0834. The second-order valence-electron chi connectivity index (χ2n) is 6.27. The first-order chi connectivity index (χ1) is 13.2. The van der Waals surface area contributed by atoms with E-state index in [1.54, 1.807) is 23.2 Å². The zero-order chi connectivity index (χ0) is 19.1. The number of para-hydroxylation sites is 1. The number of benzene rings is 1. The SMILES string of the molecule is CCOc1ncccc1C(=O)N1CCN(CC(=O)Nc2ccccc2)CC1. The number of nitrogens with one attached hydrogen (secondary N) is 1. The van der Waals surface area contributed by atoms with Crippen LogP contribution in [-0.4, -0.2) is 65.9 Å². The molecule has 7 heteroatoms. The van der Waals surface area contributed by atoms with Crippen molar-refractivity contribution in [1.29, 1.82) is 0 Å². The largest absolute Gasteiger partial charge is 0.477 e. The van der Waals surface area contributed by atoms with Crippen molar-refractivity contribution < 1.29 is 14.3 Å². The van der Waals surface area contributed by atoms with Gasteiger partial charge in [0, 0.05) is 38.1 Å². The van der Waals surface area contributed by atoms with E-state index in [4.69, 9.17) is 4.74 Å². The van der Waals surface area contributed by atoms with E-state index in [-0.39, 0.29) is 11.8 Å². The topological polar surface area (TPSA) is 74.8 Å². The molecule has 1 aromatic carbocycles. The van der Waals surface area contributed by atoms with Gasteiger partial charge in [-0.2, -0.15) is 0 Å². The Balaban J connectivity index is 1.51. The summed E-state index contributed by atoms with van der Waals surface area (Å²) in [4.78, 5) is 32.9. The molecule has 1 aliphatic rings. The maximum absolute atomic E-state index is 12.8. The molecule has 0 aliphatic carbocycles. The van der Waals surface area contributed by atoms with Gasteiger partial charge in [0.1, 0.15) is 5.56 Å². The molecule has 1 aliphatic heterocycles. The molecule has 1 aromatic heterocycles. The number of carbonyl (C=O) groups is 2. The zero-order valence-corrected chi connectivity index (χ0v) is 15.4. The van der Waals surface area contributed by atoms with Crippen molar-refractivity contribution in [2.75, 3.05) is 44.6 Å². The van der Waals surface area contributed by atoms with Gasteiger partial charge in [-0.05, 0) is 31.2 Å². The first-order valence-electron chi connectivity index (χ1n) is 9.11. The lowest BCUT2D eigenvalue weighted by molar-refractivity contribution is -0.117. The van der Waals surface area contributed by atoms with E-state index in [1.165, 1.54) is 0 Å². The second-order valence-corrected chi connectivity index (χ2v) is 6.27. The lowest BCUT2D eigenvalue weighted by Gasteiger charge is -2.34. The van der Waals surface area contributed by atoms with Gasteiger partial charge in [-0.15, -0.1) is 0 Å². The molecule has 0 unspecified atom stereocenters. The average molecular weight is 368 g/mol. The van der Waals surface area contributed by atoms with Gasteiger partial charge < -0.3 is 15.0 Å². The van der Waals surface area contributed by atoms with Gasteiger partial charge in [-0.25, -0.2) is 4.98 Å². The molecule has 0 atom stereocenters. The normalized spacial score (nSPS) is 14.6. The Morgan fingerprint density at radius 2 is 1.81 bits per heavy atom. The summed E-state index contributed by atoms with van der Waals surface area (Å²) in [5.74, 6) is 0.237. The van der Waals surface area contributed by atoms with Crippen LogP contribution in [0.2, 0.25) is 0 Å². The summed E-state index contributed by atoms with van der Waals surface area (Å²) in [6, 6.07) is 12.9. The highest BCUT2D eigenvalue weighted by atomic mass is 16.5. The molecule has 0 spiro atoms. The maximum atomic E-state index is 12.8. The van der Waals surface area contributed by atoms with Crippen molar-refractivity contribution in [3.8, 4) is 5.88 Å². The lowest BCUT2D eigenvalue weighted by Crippen LogP contribution is -2.50. The minimum Gasteiger partial charge on any atom is -0.477 e. The van der Waals surface area contributed by atoms with E-state index in [2.05, 4.69) is 15.2 Å². The van der Waals surface area contributed by atoms with E-state index in [1.807, 2.05) is 37.3 Å². The summed E-state index contributed by atoms with van der Waals surface area (Å²) in [7, 11) is 0. The number of anilines is 1. The molecule has 27 heavy (non-hydrogen) atoms. The van der Waals surface area contributed by atoms with Crippen molar-refractivity contribution in [2.24, 2.45) is 0 Å². The van der Waals surface area contributed by atoms with Crippen LogP contribution in [0.4, 0.5) is 5.69 Å². The van der Waals surface area contributed by atoms with Crippen molar-refractivity contribution in [1.82, 2.24) is 14.8 Å². The first-order valence-corrected chi connectivity index (χ1v) is 9.11. The third-order valence-electron chi connectivity index (χ3n) is 4.37.